The number of benzene rings is 2. The molecule has 2 heterocycles. The van der Waals surface area contributed by atoms with E-state index in [1.54, 1.807) is 48.5 Å². The summed E-state index contributed by atoms with van der Waals surface area (Å²) in [7, 11) is -3.99. The fourth-order valence-electron chi connectivity index (χ4n) is 2.68. The van der Waals surface area contributed by atoms with E-state index in [1.807, 2.05) is 0 Å². The van der Waals surface area contributed by atoms with Gasteiger partial charge in [-0.2, -0.15) is 8.42 Å². The summed E-state index contributed by atoms with van der Waals surface area (Å²) in [6, 6.07) is 14.1. The lowest BCUT2D eigenvalue weighted by molar-refractivity contribution is 0.602. The molecule has 0 amide bonds. The predicted molar refractivity (Wildman–Crippen MR) is 106 cm³/mol. The molecule has 1 aromatic heterocycles. The van der Waals surface area contributed by atoms with Gasteiger partial charge in [-0.3, -0.25) is 0 Å². The molecule has 10 heteroatoms. The number of nitrogens with two attached hydrogens (primary N) is 1. The second-order valence-corrected chi connectivity index (χ2v) is 7.78. The zero-order valence-corrected chi connectivity index (χ0v) is 15.8. The fourth-order valence-corrected chi connectivity index (χ4v) is 3.91. The molecule has 2 aromatic carbocycles. The number of halogens is 2. The quantitative estimate of drug-likeness (QED) is 0.660. The molecule has 3 N–H and O–H groups in total. The average molecular weight is 420 g/mol. The third kappa shape index (κ3) is 3.23. The number of anilines is 1. The number of nitrogens with one attached hydrogen (secondary N) is 1. The smallest absolute Gasteiger partial charge is 0.345 e. The van der Waals surface area contributed by atoms with Crippen LogP contribution in [-0.4, -0.2) is 24.2 Å². The molecule has 0 bridgehead atoms. The van der Waals surface area contributed by atoms with Gasteiger partial charge in [0.2, 0.25) is 0 Å². The van der Waals surface area contributed by atoms with Crippen LogP contribution >= 0.6 is 23.2 Å². The van der Waals surface area contributed by atoms with Gasteiger partial charge in [-0.05, 0) is 12.1 Å². The number of fused-ring (bicyclic) bond motifs is 1. The van der Waals surface area contributed by atoms with Crippen molar-refractivity contribution in [1.29, 1.82) is 0 Å². The van der Waals surface area contributed by atoms with Crippen LogP contribution in [0.15, 0.2) is 52.9 Å². The van der Waals surface area contributed by atoms with Crippen molar-refractivity contribution in [3.05, 3.63) is 64.3 Å². The van der Waals surface area contributed by atoms with Gasteiger partial charge in [-0.25, -0.2) is 14.7 Å². The normalized spacial score (nSPS) is 14.8. The van der Waals surface area contributed by atoms with Crippen LogP contribution in [0.2, 0.25) is 10.0 Å². The van der Waals surface area contributed by atoms with E-state index in [0.29, 0.717) is 32.6 Å². The largest absolute Gasteiger partial charge is 0.381 e. The molecule has 4 rings (SSSR count). The Labute approximate surface area is 165 Å². The molecule has 0 fully saturated rings. The van der Waals surface area contributed by atoms with E-state index in [1.165, 1.54) is 0 Å². The molecule has 136 valence electrons. The van der Waals surface area contributed by atoms with Gasteiger partial charge in [-0.1, -0.05) is 59.6 Å². The summed E-state index contributed by atoms with van der Waals surface area (Å²) >= 11 is 12.7. The van der Waals surface area contributed by atoms with Gasteiger partial charge in [0.25, 0.3) is 0 Å². The van der Waals surface area contributed by atoms with Crippen LogP contribution in [0.25, 0.3) is 22.5 Å². The molecule has 27 heavy (non-hydrogen) atoms. The zero-order valence-electron chi connectivity index (χ0n) is 13.5. The van der Waals surface area contributed by atoms with Gasteiger partial charge in [0.1, 0.15) is 5.69 Å². The SMILES string of the molecule is NC1=NS(=O)(=O)Nc2nc(-c3ccccc3Cl)c(-c3ccccc3Cl)nc21. The Morgan fingerprint density at radius 1 is 0.815 bits per heavy atom. The zero-order chi connectivity index (χ0) is 19.2. The topological polar surface area (TPSA) is 110 Å². The monoisotopic (exact) mass is 419 g/mol. The lowest BCUT2D eigenvalue weighted by Crippen LogP contribution is -2.28. The number of aromatic nitrogens is 2. The van der Waals surface area contributed by atoms with Gasteiger partial charge in [0.05, 0.1) is 15.7 Å². The van der Waals surface area contributed by atoms with Crippen LogP contribution in [-0.2, 0) is 10.2 Å². The van der Waals surface area contributed by atoms with Crippen molar-refractivity contribution in [3.8, 4) is 22.5 Å². The van der Waals surface area contributed by atoms with Gasteiger partial charge in [0, 0.05) is 11.1 Å². The molecular weight excluding hydrogens is 409 g/mol. The number of amidine groups is 1. The number of hydrogen-bond acceptors (Lipinski definition) is 5. The third-order valence-corrected chi connectivity index (χ3v) is 5.39. The van der Waals surface area contributed by atoms with Crippen LogP contribution in [0.4, 0.5) is 5.82 Å². The molecule has 0 unspecified atom stereocenters. The molecule has 0 atom stereocenters. The summed E-state index contributed by atoms with van der Waals surface area (Å²) in [5.41, 5.74) is 7.87. The number of hydrogen-bond donors (Lipinski definition) is 2. The maximum absolute atomic E-state index is 11.9. The summed E-state index contributed by atoms with van der Waals surface area (Å²) in [6.45, 7) is 0. The summed E-state index contributed by atoms with van der Waals surface area (Å²) in [4.78, 5) is 8.97. The Morgan fingerprint density at radius 2 is 1.33 bits per heavy atom. The van der Waals surface area contributed by atoms with Crippen molar-refractivity contribution in [3.63, 3.8) is 0 Å². The average Bonchev–Trinajstić information content (AvgIpc) is 2.61. The van der Waals surface area contributed by atoms with Crippen LogP contribution < -0.4 is 10.5 Å². The van der Waals surface area contributed by atoms with Gasteiger partial charge < -0.3 is 5.73 Å². The Bertz CT molecular complexity index is 1210. The first-order valence-corrected chi connectivity index (χ1v) is 9.86. The summed E-state index contributed by atoms with van der Waals surface area (Å²) in [5.74, 6) is -0.275. The first-order chi connectivity index (χ1) is 12.9. The van der Waals surface area contributed by atoms with E-state index in [2.05, 4.69) is 19.1 Å². The van der Waals surface area contributed by atoms with Gasteiger partial charge >= 0.3 is 10.2 Å². The second kappa shape index (κ2) is 6.49. The minimum atomic E-state index is -3.99. The van der Waals surface area contributed by atoms with Crippen molar-refractivity contribution in [2.24, 2.45) is 10.1 Å². The van der Waals surface area contributed by atoms with Crippen molar-refractivity contribution in [2.45, 2.75) is 0 Å². The highest BCUT2D eigenvalue weighted by Gasteiger charge is 2.27. The highest BCUT2D eigenvalue weighted by atomic mass is 35.5. The van der Waals surface area contributed by atoms with Crippen LogP contribution in [0.3, 0.4) is 0 Å². The van der Waals surface area contributed by atoms with E-state index in [-0.39, 0.29) is 17.3 Å². The molecule has 0 radical (unpaired) electrons. The van der Waals surface area contributed by atoms with E-state index in [0.717, 1.165) is 0 Å². The number of rotatable bonds is 2. The summed E-state index contributed by atoms with van der Waals surface area (Å²) < 4.78 is 29.4. The molecule has 0 saturated heterocycles. The van der Waals surface area contributed by atoms with Crippen LogP contribution in [0, 0.1) is 0 Å². The fraction of sp³-hybridized carbons (Fsp3) is 0. The number of nitrogens with zero attached hydrogens (tertiary/aromatic N) is 3. The predicted octanol–water partition coefficient (Wildman–Crippen LogP) is 3.49. The van der Waals surface area contributed by atoms with Crippen molar-refractivity contribution >= 4 is 45.1 Å². The highest BCUT2D eigenvalue weighted by Crippen LogP contribution is 2.38. The van der Waals surface area contributed by atoms with Crippen molar-refractivity contribution in [1.82, 2.24) is 9.97 Å². The Morgan fingerprint density at radius 3 is 1.89 bits per heavy atom. The van der Waals surface area contributed by atoms with E-state index in [4.69, 9.17) is 28.9 Å². The second-order valence-electron chi connectivity index (χ2n) is 5.63. The molecule has 0 saturated carbocycles. The Kier molecular flexibility index (Phi) is 4.26. The Balaban J connectivity index is 2.07. The molecule has 7 nitrogen and oxygen atoms in total. The van der Waals surface area contributed by atoms with Gasteiger partial charge in [0.15, 0.2) is 17.3 Å². The molecule has 3 aromatic rings. The van der Waals surface area contributed by atoms with Crippen LogP contribution in [0.5, 0.6) is 0 Å². The van der Waals surface area contributed by atoms with E-state index in [9.17, 15) is 8.42 Å². The highest BCUT2D eigenvalue weighted by molar-refractivity contribution is 7.91. The lowest BCUT2D eigenvalue weighted by atomic mass is 10.0. The summed E-state index contributed by atoms with van der Waals surface area (Å²) in [6.07, 6.45) is 0. The first-order valence-electron chi connectivity index (χ1n) is 7.66. The van der Waals surface area contributed by atoms with Crippen molar-refractivity contribution in [2.75, 3.05) is 4.72 Å². The minimum absolute atomic E-state index is 0.0202. The lowest BCUT2D eigenvalue weighted by Gasteiger charge is -2.18. The van der Waals surface area contributed by atoms with Gasteiger partial charge in [-0.15, -0.1) is 4.40 Å². The molecule has 1 aliphatic rings. The molecule has 0 aliphatic carbocycles. The Hall–Kier alpha value is -2.68. The van der Waals surface area contributed by atoms with Crippen LogP contribution in [0.1, 0.15) is 5.69 Å². The maximum atomic E-state index is 11.9. The standard InChI is InChI=1S/C17H11Cl2N5O2S/c18-11-7-3-1-5-9(11)13-14(10-6-2-4-8-12(10)19)22-17-15(21-13)16(20)23-27(25,26)24-17/h1-8H,(H2,20,23)(H,22,24). The molecular formula is C17H11Cl2N5O2S. The first kappa shape index (κ1) is 17.7. The van der Waals surface area contributed by atoms with Crippen molar-refractivity contribution < 1.29 is 8.42 Å². The van der Waals surface area contributed by atoms with E-state index >= 15 is 0 Å². The third-order valence-electron chi connectivity index (χ3n) is 3.84. The summed E-state index contributed by atoms with van der Waals surface area (Å²) in [5, 5.41) is 0.882. The van der Waals surface area contributed by atoms with E-state index < -0.39 is 10.2 Å². The molecule has 1 aliphatic heterocycles. The minimum Gasteiger partial charge on any atom is -0.381 e. The maximum Gasteiger partial charge on any atom is 0.345 e. The molecule has 0 spiro atoms.